The molecule has 0 bridgehead atoms. The fourth-order valence-electron chi connectivity index (χ4n) is 4.21. The van der Waals surface area contributed by atoms with E-state index in [1.807, 2.05) is 49.4 Å². The van der Waals surface area contributed by atoms with Gasteiger partial charge in [0, 0.05) is 0 Å². The van der Waals surface area contributed by atoms with Crippen molar-refractivity contribution in [3.63, 3.8) is 0 Å². The van der Waals surface area contributed by atoms with Gasteiger partial charge in [0.2, 0.25) is 5.91 Å². The summed E-state index contributed by atoms with van der Waals surface area (Å²) in [6, 6.07) is 14.9. The summed E-state index contributed by atoms with van der Waals surface area (Å²) >= 11 is 0. The van der Waals surface area contributed by atoms with Crippen LogP contribution in [0.4, 0.5) is 4.79 Å². The SMILES string of the molecule is Cc1ccc([C@@]2(C)NC(=O)N(CC(=O)N[C@H]3CCCc4ccccc43)C2=O)cc1. The van der Waals surface area contributed by atoms with Crippen LogP contribution in [0.15, 0.2) is 48.5 Å². The average molecular weight is 391 g/mol. The Hall–Kier alpha value is -3.15. The van der Waals surface area contributed by atoms with Gasteiger partial charge in [-0.25, -0.2) is 4.79 Å². The third-order valence-electron chi connectivity index (χ3n) is 5.91. The van der Waals surface area contributed by atoms with Crippen LogP contribution in [0.1, 0.15) is 48.1 Å². The first-order chi connectivity index (χ1) is 13.9. The molecule has 0 spiro atoms. The largest absolute Gasteiger partial charge is 0.348 e. The summed E-state index contributed by atoms with van der Waals surface area (Å²) in [6.45, 7) is 3.35. The highest BCUT2D eigenvalue weighted by Gasteiger charge is 2.49. The molecular weight excluding hydrogens is 366 g/mol. The van der Waals surface area contributed by atoms with Gasteiger partial charge >= 0.3 is 6.03 Å². The van der Waals surface area contributed by atoms with Gasteiger partial charge in [-0.05, 0) is 49.8 Å². The molecule has 0 saturated carbocycles. The lowest BCUT2D eigenvalue weighted by Crippen LogP contribution is -2.44. The van der Waals surface area contributed by atoms with Crippen LogP contribution in [-0.2, 0) is 21.5 Å². The van der Waals surface area contributed by atoms with Crippen LogP contribution in [0, 0.1) is 6.92 Å². The molecule has 2 aromatic rings. The van der Waals surface area contributed by atoms with Crippen molar-refractivity contribution < 1.29 is 14.4 Å². The molecule has 0 unspecified atom stereocenters. The summed E-state index contributed by atoms with van der Waals surface area (Å²) in [5.74, 6) is -0.742. The van der Waals surface area contributed by atoms with E-state index >= 15 is 0 Å². The molecule has 150 valence electrons. The molecule has 2 N–H and O–H groups in total. The predicted octanol–water partition coefficient (Wildman–Crippen LogP) is 2.96. The summed E-state index contributed by atoms with van der Waals surface area (Å²) in [5.41, 5.74) is 2.96. The number of hydrogen-bond donors (Lipinski definition) is 2. The Bertz CT molecular complexity index is 970. The van der Waals surface area contributed by atoms with Crippen molar-refractivity contribution in [2.75, 3.05) is 6.54 Å². The lowest BCUT2D eigenvalue weighted by atomic mass is 9.88. The molecule has 4 rings (SSSR count). The molecule has 0 radical (unpaired) electrons. The zero-order valence-electron chi connectivity index (χ0n) is 16.7. The highest BCUT2D eigenvalue weighted by atomic mass is 16.2. The van der Waals surface area contributed by atoms with E-state index in [0.29, 0.717) is 5.56 Å². The second-order valence-electron chi connectivity index (χ2n) is 8.02. The summed E-state index contributed by atoms with van der Waals surface area (Å²) in [7, 11) is 0. The molecule has 6 nitrogen and oxygen atoms in total. The Balaban J connectivity index is 1.47. The van der Waals surface area contributed by atoms with Crippen LogP contribution in [0.25, 0.3) is 0 Å². The van der Waals surface area contributed by atoms with Crippen LogP contribution in [0.3, 0.4) is 0 Å². The van der Waals surface area contributed by atoms with E-state index in [2.05, 4.69) is 16.7 Å². The average Bonchev–Trinajstić information content (AvgIpc) is 2.92. The van der Waals surface area contributed by atoms with Crippen LogP contribution in [0.2, 0.25) is 0 Å². The van der Waals surface area contributed by atoms with Crippen molar-refractivity contribution in [3.05, 3.63) is 70.8 Å². The van der Waals surface area contributed by atoms with Crippen molar-refractivity contribution >= 4 is 17.8 Å². The van der Waals surface area contributed by atoms with Crippen LogP contribution < -0.4 is 10.6 Å². The predicted molar refractivity (Wildman–Crippen MR) is 109 cm³/mol. The molecular formula is C23H25N3O3. The molecule has 1 saturated heterocycles. The number of benzene rings is 2. The van der Waals surface area contributed by atoms with Gasteiger partial charge in [0.1, 0.15) is 12.1 Å². The van der Waals surface area contributed by atoms with Crippen LogP contribution in [-0.4, -0.2) is 29.3 Å². The highest BCUT2D eigenvalue weighted by molar-refractivity contribution is 6.09. The second-order valence-corrected chi connectivity index (χ2v) is 8.02. The number of amides is 4. The number of imide groups is 1. The number of carbonyl (C=O) groups excluding carboxylic acids is 3. The van der Waals surface area contributed by atoms with Gasteiger partial charge in [-0.2, -0.15) is 0 Å². The van der Waals surface area contributed by atoms with E-state index in [0.717, 1.165) is 35.3 Å². The number of aryl methyl sites for hydroxylation is 2. The third-order valence-corrected chi connectivity index (χ3v) is 5.91. The van der Waals surface area contributed by atoms with Crippen molar-refractivity contribution in [3.8, 4) is 0 Å². The summed E-state index contributed by atoms with van der Waals surface area (Å²) in [6.07, 6.45) is 2.85. The minimum atomic E-state index is -1.16. The number of hydrogen-bond acceptors (Lipinski definition) is 3. The first-order valence-corrected chi connectivity index (χ1v) is 9.97. The number of carbonyl (C=O) groups is 3. The van der Waals surface area contributed by atoms with E-state index in [9.17, 15) is 14.4 Å². The van der Waals surface area contributed by atoms with Crippen molar-refractivity contribution in [1.29, 1.82) is 0 Å². The Morgan fingerprint density at radius 1 is 1.17 bits per heavy atom. The first-order valence-electron chi connectivity index (χ1n) is 9.97. The molecule has 29 heavy (non-hydrogen) atoms. The standard InChI is InChI=1S/C23H25N3O3/c1-15-10-12-17(13-11-15)23(2)21(28)26(22(29)25-23)14-20(27)24-19-9-5-7-16-6-3-4-8-18(16)19/h3-4,6,8,10-13,19H,5,7,9,14H2,1-2H3,(H,24,27)(H,25,29)/t19-,23+/m0/s1. The second kappa shape index (κ2) is 7.35. The number of urea groups is 1. The molecule has 0 aromatic heterocycles. The quantitative estimate of drug-likeness (QED) is 0.787. The zero-order chi connectivity index (χ0) is 20.6. The first kappa shape index (κ1) is 19.2. The number of nitrogens with one attached hydrogen (secondary N) is 2. The van der Waals surface area contributed by atoms with Crippen molar-refractivity contribution in [1.82, 2.24) is 15.5 Å². The minimum absolute atomic E-state index is 0.0864. The lowest BCUT2D eigenvalue weighted by molar-refractivity contribution is -0.135. The fourth-order valence-corrected chi connectivity index (χ4v) is 4.21. The molecule has 2 atom stereocenters. The maximum atomic E-state index is 13.0. The van der Waals surface area contributed by atoms with Crippen molar-refractivity contribution in [2.24, 2.45) is 0 Å². The van der Waals surface area contributed by atoms with Crippen molar-refractivity contribution in [2.45, 2.75) is 44.7 Å². The highest BCUT2D eigenvalue weighted by Crippen LogP contribution is 2.31. The Kier molecular flexibility index (Phi) is 4.86. The topological polar surface area (TPSA) is 78.5 Å². The molecule has 2 aromatic carbocycles. The van der Waals surface area contributed by atoms with Crippen LogP contribution >= 0.6 is 0 Å². The van der Waals surface area contributed by atoms with E-state index in [1.54, 1.807) is 6.92 Å². The van der Waals surface area contributed by atoms with Gasteiger partial charge in [0.15, 0.2) is 0 Å². The molecule has 1 heterocycles. The normalized spacial score (nSPS) is 23.5. The third kappa shape index (κ3) is 3.50. The van der Waals surface area contributed by atoms with Crippen LogP contribution in [0.5, 0.6) is 0 Å². The van der Waals surface area contributed by atoms with E-state index < -0.39 is 17.5 Å². The van der Waals surface area contributed by atoms with E-state index in [-0.39, 0.29) is 18.5 Å². The maximum absolute atomic E-state index is 13.0. The van der Waals surface area contributed by atoms with Gasteiger partial charge in [-0.3, -0.25) is 14.5 Å². The van der Waals surface area contributed by atoms with Gasteiger partial charge in [0.05, 0.1) is 6.04 Å². The van der Waals surface area contributed by atoms with Gasteiger partial charge in [-0.15, -0.1) is 0 Å². The number of fused-ring (bicyclic) bond motifs is 1. The Morgan fingerprint density at radius 2 is 1.90 bits per heavy atom. The zero-order valence-corrected chi connectivity index (χ0v) is 16.7. The Morgan fingerprint density at radius 3 is 2.66 bits per heavy atom. The summed E-state index contributed by atoms with van der Waals surface area (Å²) < 4.78 is 0. The fraction of sp³-hybridized carbons (Fsp3) is 0.348. The van der Waals surface area contributed by atoms with E-state index in [4.69, 9.17) is 0 Å². The monoisotopic (exact) mass is 391 g/mol. The molecule has 1 fully saturated rings. The molecule has 6 heteroatoms. The number of rotatable bonds is 4. The van der Waals surface area contributed by atoms with E-state index in [1.165, 1.54) is 5.56 Å². The van der Waals surface area contributed by atoms with Gasteiger partial charge < -0.3 is 10.6 Å². The number of nitrogens with zero attached hydrogens (tertiary/aromatic N) is 1. The van der Waals surface area contributed by atoms with Gasteiger partial charge in [-0.1, -0.05) is 54.1 Å². The lowest BCUT2D eigenvalue weighted by Gasteiger charge is -2.27. The maximum Gasteiger partial charge on any atom is 0.325 e. The van der Waals surface area contributed by atoms with Gasteiger partial charge in [0.25, 0.3) is 5.91 Å². The minimum Gasteiger partial charge on any atom is -0.348 e. The molecule has 4 amide bonds. The molecule has 1 aliphatic heterocycles. The molecule has 1 aliphatic carbocycles. The summed E-state index contributed by atoms with van der Waals surface area (Å²) in [5, 5.41) is 5.75. The summed E-state index contributed by atoms with van der Waals surface area (Å²) in [4.78, 5) is 39.2. The molecule has 2 aliphatic rings. The Labute approximate surface area is 170 Å². The smallest absolute Gasteiger partial charge is 0.325 e.